The van der Waals surface area contributed by atoms with E-state index in [0.717, 1.165) is 10.5 Å². The maximum atomic E-state index is 12.9. The van der Waals surface area contributed by atoms with Gasteiger partial charge in [-0.3, -0.25) is 19.3 Å². The molecule has 3 fully saturated rings. The number of aryl methyl sites for hydroxylation is 1. The fraction of sp³-hybridized carbons (Fsp3) is 0.455. The predicted octanol–water partition coefficient (Wildman–Crippen LogP) is -2.34. The number of amides is 3. The van der Waals surface area contributed by atoms with E-state index in [2.05, 4.69) is 27.5 Å². The van der Waals surface area contributed by atoms with Gasteiger partial charge >= 0.3 is 0 Å². The van der Waals surface area contributed by atoms with Crippen molar-refractivity contribution in [1.82, 2.24) is 25.8 Å². The summed E-state index contributed by atoms with van der Waals surface area (Å²) in [6, 6.07) is 4.18. The molecule has 0 aromatic heterocycles. The molecule has 3 saturated heterocycles. The topological polar surface area (TPSA) is 173 Å². The first-order chi connectivity index (χ1) is 16.0. The fourth-order valence-corrected chi connectivity index (χ4v) is 5.41. The molecule has 3 amide bonds. The Morgan fingerprint density at radius 2 is 2.03 bits per heavy atom. The van der Waals surface area contributed by atoms with E-state index in [1.807, 2.05) is 13.0 Å². The molecule has 4 atom stereocenters. The Hall–Kier alpha value is -3.64. The first-order valence-corrected chi connectivity index (χ1v) is 11.0. The highest BCUT2D eigenvalue weighted by Gasteiger charge is 2.73. The summed E-state index contributed by atoms with van der Waals surface area (Å²) in [4.78, 5) is 44.4. The third-order valence-electron chi connectivity index (χ3n) is 7.03. The number of nitrogens with zero attached hydrogens (tertiary/aromatic N) is 3. The summed E-state index contributed by atoms with van der Waals surface area (Å²) >= 11 is 0. The summed E-state index contributed by atoms with van der Waals surface area (Å²) in [6.07, 6.45) is 0.254. The number of aliphatic hydroxyl groups is 2. The lowest BCUT2D eigenvalue weighted by atomic mass is 9.85. The standard InChI is InChI=1S/C22H27N7O5/c1-11-4-3-5-13(8-11)19(32)26-15-10-29-20(23)25-14(9-28-16(30)6-7-17(28)31)18-21(29,22(15,33)34)27-12(2)24-18/h3-5,8,14-15,18,24,27,33-34H,2,6-7,9-10H2,1H3,(H2,23,25)(H,26,32)/t14-,15-,18-,21-/m0/s1. The minimum atomic E-state index is -2.53. The molecule has 4 aliphatic heterocycles. The molecule has 1 spiro atoms. The number of carbonyl (C=O) groups excluding carboxylic acids is 3. The van der Waals surface area contributed by atoms with Crippen LogP contribution in [-0.2, 0) is 9.59 Å². The lowest BCUT2D eigenvalue weighted by molar-refractivity contribution is -0.231. The number of likely N-dealkylation sites (tertiary alicyclic amines) is 1. The highest BCUT2D eigenvalue weighted by atomic mass is 16.5. The molecule has 34 heavy (non-hydrogen) atoms. The zero-order chi connectivity index (χ0) is 24.4. The number of benzene rings is 1. The van der Waals surface area contributed by atoms with E-state index in [1.165, 1.54) is 4.90 Å². The summed E-state index contributed by atoms with van der Waals surface area (Å²) in [5, 5.41) is 31.7. The summed E-state index contributed by atoms with van der Waals surface area (Å²) in [6.45, 7) is 5.60. The highest BCUT2D eigenvalue weighted by Crippen LogP contribution is 2.44. The number of hydrogen-bond acceptors (Lipinski definition) is 10. The van der Waals surface area contributed by atoms with Crippen molar-refractivity contribution in [2.45, 2.75) is 49.3 Å². The molecule has 0 aliphatic carbocycles. The second-order valence-electron chi connectivity index (χ2n) is 9.18. The average Bonchev–Trinajstić information content (AvgIpc) is 3.36. The monoisotopic (exact) mass is 469 g/mol. The van der Waals surface area contributed by atoms with Crippen LogP contribution >= 0.6 is 0 Å². The molecule has 5 rings (SSSR count). The molecule has 180 valence electrons. The Morgan fingerprint density at radius 1 is 1.32 bits per heavy atom. The van der Waals surface area contributed by atoms with Crippen LogP contribution in [0.5, 0.6) is 0 Å². The smallest absolute Gasteiger partial charge is 0.251 e. The second kappa shape index (κ2) is 7.43. The number of hydrogen-bond donors (Lipinski definition) is 6. The lowest BCUT2D eigenvalue weighted by Crippen LogP contribution is -2.78. The summed E-state index contributed by atoms with van der Waals surface area (Å²) in [7, 11) is 0. The van der Waals surface area contributed by atoms with Crippen molar-refractivity contribution in [3.05, 3.63) is 47.8 Å². The molecule has 0 unspecified atom stereocenters. The van der Waals surface area contributed by atoms with Gasteiger partial charge in [0.05, 0.1) is 24.4 Å². The van der Waals surface area contributed by atoms with Crippen molar-refractivity contribution in [1.29, 1.82) is 0 Å². The summed E-state index contributed by atoms with van der Waals surface area (Å²) in [5.41, 5.74) is 5.87. The van der Waals surface area contributed by atoms with Gasteiger partial charge in [0.25, 0.3) is 5.91 Å². The van der Waals surface area contributed by atoms with Crippen LogP contribution in [0.3, 0.4) is 0 Å². The van der Waals surface area contributed by atoms with E-state index in [9.17, 15) is 24.6 Å². The fourth-order valence-electron chi connectivity index (χ4n) is 5.41. The van der Waals surface area contributed by atoms with Crippen molar-refractivity contribution in [2.24, 2.45) is 10.7 Å². The molecule has 12 heteroatoms. The van der Waals surface area contributed by atoms with E-state index in [-0.39, 0.29) is 43.7 Å². The van der Waals surface area contributed by atoms with Crippen molar-refractivity contribution >= 4 is 23.7 Å². The van der Waals surface area contributed by atoms with Gasteiger partial charge in [0, 0.05) is 24.9 Å². The molecule has 0 radical (unpaired) electrons. The van der Waals surface area contributed by atoms with Crippen molar-refractivity contribution in [3.63, 3.8) is 0 Å². The van der Waals surface area contributed by atoms with Crippen molar-refractivity contribution in [2.75, 3.05) is 13.1 Å². The van der Waals surface area contributed by atoms with Gasteiger partial charge in [-0.05, 0) is 19.1 Å². The Kier molecular flexibility index (Phi) is 4.85. The first-order valence-electron chi connectivity index (χ1n) is 11.0. The van der Waals surface area contributed by atoms with Crippen LogP contribution in [-0.4, -0.2) is 86.4 Å². The van der Waals surface area contributed by atoms with Gasteiger partial charge in [-0.1, -0.05) is 24.3 Å². The quantitative estimate of drug-likeness (QED) is 0.209. The first kappa shape index (κ1) is 22.2. The number of guanidine groups is 1. The SMILES string of the molecule is C=C1N[C@H]2[C@H](CN3C(=O)CCC3=O)N=C(N)N3C[C@H](NC(=O)c4cccc(C)c4)C(O)(O)[C@]23N1. The van der Waals surface area contributed by atoms with Gasteiger partial charge in [-0.15, -0.1) is 0 Å². The maximum absolute atomic E-state index is 12.9. The van der Waals surface area contributed by atoms with E-state index in [4.69, 9.17) is 5.73 Å². The largest absolute Gasteiger partial charge is 0.370 e. The number of rotatable bonds is 4. The normalized spacial score (nSPS) is 31.6. The highest BCUT2D eigenvalue weighted by molar-refractivity contribution is 6.02. The Labute approximate surface area is 195 Å². The zero-order valence-electron chi connectivity index (χ0n) is 18.6. The van der Waals surface area contributed by atoms with Gasteiger partial charge < -0.3 is 36.8 Å². The van der Waals surface area contributed by atoms with Crippen LogP contribution < -0.4 is 21.7 Å². The average molecular weight is 470 g/mol. The van der Waals surface area contributed by atoms with E-state index < -0.39 is 35.5 Å². The van der Waals surface area contributed by atoms with Crippen molar-refractivity contribution in [3.8, 4) is 0 Å². The molecule has 4 heterocycles. The van der Waals surface area contributed by atoms with Crippen LogP contribution in [0.2, 0.25) is 0 Å². The third-order valence-corrected chi connectivity index (χ3v) is 7.03. The number of nitrogens with one attached hydrogen (secondary N) is 3. The van der Waals surface area contributed by atoms with E-state index >= 15 is 0 Å². The minimum Gasteiger partial charge on any atom is -0.370 e. The summed E-state index contributed by atoms with van der Waals surface area (Å²) in [5.74, 6) is -3.34. The number of imide groups is 1. The van der Waals surface area contributed by atoms with Gasteiger partial charge in [-0.25, -0.2) is 4.99 Å². The molecule has 0 bridgehead atoms. The minimum absolute atomic E-state index is 0.0101. The Balaban J connectivity index is 1.47. The Bertz CT molecular complexity index is 1120. The maximum Gasteiger partial charge on any atom is 0.251 e. The van der Waals surface area contributed by atoms with Crippen LogP contribution in [0.1, 0.15) is 28.8 Å². The number of nitrogens with two attached hydrogens (primary N) is 1. The molecule has 4 aliphatic rings. The molecule has 1 aromatic rings. The van der Waals surface area contributed by atoms with Gasteiger partial charge in [0.15, 0.2) is 11.6 Å². The third kappa shape index (κ3) is 3.06. The van der Waals surface area contributed by atoms with Crippen LogP contribution in [0, 0.1) is 6.92 Å². The number of aliphatic imine (C=N–C) groups is 1. The molecule has 1 aromatic carbocycles. The van der Waals surface area contributed by atoms with Crippen molar-refractivity contribution < 1.29 is 24.6 Å². The molecule has 0 saturated carbocycles. The Morgan fingerprint density at radius 3 is 2.71 bits per heavy atom. The second-order valence-corrected chi connectivity index (χ2v) is 9.18. The van der Waals surface area contributed by atoms with E-state index in [1.54, 1.807) is 18.2 Å². The van der Waals surface area contributed by atoms with Crippen LogP contribution in [0.4, 0.5) is 0 Å². The molecular formula is C22H27N7O5. The number of carbonyl (C=O) groups is 3. The summed E-state index contributed by atoms with van der Waals surface area (Å²) < 4.78 is 0. The zero-order valence-corrected chi connectivity index (χ0v) is 18.6. The van der Waals surface area contributed by atoms with Gasteiger partial charge in [0.1, 0.15) is 6.04 Å². The molecule has 7 N–H and O–H groups in total. The molecule has 12 nitrogen and oxygen atoms in total. The van der Waals surface area contributed by atoms with Gasteiger partial charge in [0.2, 0.25) is 17.6 Å². The van der Waals surface area contributed by atoms with Crippen LogP contribution in [0.25, 0.3) is 0 Å². The molecular weight excluding hydrogens is 442 g/mol. The van der Waals surface area contributed by atoms with Gasteiger partial charge in [-0.2, -0.15) is 0 Å². The van der Waals surface area contributed by atoms with Crippen LogP contribution in [0.15, 0.2) is 41.7 Å². The predicted molar refractivity (Wildman–Crippen MR) is 120 cm³/mol. The lowest BCUT2D eigenvalue weighted by Gasteiger charge is -2.49. The van der Waals surface area contributed by atoms with E-state index in [0.29, 0.717) is 11.4 Å².